The zero-order valence-corrected chi connectivity index (χ0v) is 16.8. The largest absolute Gasteiger partial charge is 0.435 e. The number of alkyl halides is 3. The number of nitrogens with zero attached hydrogens (tertiary/aromatic N) is 2. The number of carbonyl (C=O) groups is 1. The van der Waals surface area contributed by atoms with E-state index in [1.807, 2.05) is 18.2 Å². The molecule has 3 aromatic rings. The molecule has 1 aliphatic carbocycles. The highest BCUT2D eigenvalue weighted by Gasteiger charge is 2.39. The molecule has 1 aliphatic rings. The Morgan fingerprint density at radius 3 is 2.41 bits per heavy atom. The molecule has 0 saturated heterocycles. The molecule has 29 heavy (non-hydrogen) atoms. The maximum Gasteiger partial charge on any atom is 0.435 e. The molecule has 0 saturated carbocycles. The second kappa shape index (κ2) is 7.67. The van der Waals surface area contributed by atoms with E-state index in [1.165, 1.54) is 4.68 Å². The number of fused-ring (bicyclic) bond motifs is 1. The Balaban J connectivity index is 1.62. The molecule has 1 aromatic heterocycles. The van der Waals surface area contributed by atoms with Crippen LogP contribution in [0.3, 0.4) is 0 Å². The Morgan fingerprint density at radius 2 is 1.72 bits per heavy atom. The molecule has 8 heteroatoms. The summed E-state index contributed by atoms with van der Waals surface area (Å²) >= 11 is 3.37. The molecule has 4 rings (SSSR count). The predicted octanol–water partition coefficient (Wildman–Crippen LogP) is 5.78. The first-order valence-electron chi connectivity index (χ1n) is 9.19. The summed E-state index contributed by atoms with van der Waals surface area (Å²) in [4.78, 5) is 12.5. The Bertz CT molecular complexity index is 1060. The van der Waals surface area contributed by atoms with Gasteiger partial charge in [-0.2, -0.15) is 18.3 Å². The summed E-state index contributed by atoms with van der Waals surface area (Å²) in [5, 5.41) is 6.67. The van der Waals surface area contributed by atoms with Crippen molar-refractivity contribution in [2.24, 2.45) is 0 Å². The first kappa shape index (κ1) is 19.7. The summed E-state index contributed by atoms with van der Waals surface area (Å²) < 4.78 is 42.3. The molecular weight excluding hydrogens is 447 g/mol. The number of rotatable bonds is 3. The maximum absolute atomic E-state index is 13.4. The van der Waals surface area contributed by atoms with Gasteiger partial charge in [-0.3, -0.25) is 4.79 Å². The minimum Gasteiger partial charge on any atom is -0.321 e. The molecule has 0 spiro atoms. The van der Waals surface area contributed by atoms with Crippen LogP contribution in [0.25, 0.3) is 5.69 Å². The Hall–Kier alpha value is -2.61. The number of anilines is 1. The van der Waals surface area contributed by atoms with E-state index >= 15 is 0 Å². The zero-order valence-electron chi connectivity index (χ0n) is 15.3. The lowest BCUT2D eigenvalue weighted by Gasteiger charge is -2.15. The van der Waals surface area contributed by atoms with Crippen LogP contribution >= 0.6 is 15.9 Å². The number of hydrogen-bond acceptors (Lipinski definition) is 2. The highest BCUT2D eigenvalue weighted by molar-refractivity contribution is 9.10. The Labute approximate surface area is 173 Å². The smallest absolute Gasteiger partial charge is 0.321 e. The molecular formula is C21H17BrF3N3O. The van der Waals surface area contributed by atoms with Crippen LogP contribution in [0.1, 0.15) is 40.2 Å². The standard InChI is InChI=1S/C21H17BrF3N3O/c22-16-6-2-3-7-17(16)26-20(29)13-9-11-14(12-10-13)28-18-8-4-1-5-15(18)19(27-28)21(23,24)25/h2-3,6-7,9-12H,1,4-5,8H2,(H,26,29). The second-order valence-electron chi connectivity index (χ2n) is 6.87. The molecule has 0 atom stereocenters. The van der Waals surface area contributed by atoms with E-state index in [9.17, 15) is 18.0 Å². The molecule has 0 fully saturated rings. The van der Waals surface area contributed by atoms with Gasteiger partial charge in [0.05, 0.1) is 11.4 Å². The number of hydrogen-bond donors (Lipinski definition) is 1. The van der Waals surface area contributed by atoms with E-state index in [0.717, 1.165) is 17.3 Å². The first-order valence-corrected chi connectivity index (χ1v) is 9.98. The summed E-state index contributed by atoms with van der Waals surface area (Å²) in [6.45, 7) is 0. The fourth-order valence-electron chi connectivity index (χ4n) is 3.55. The van der Waals surface area contributed by atoms with Crippen molar-refractivity contribution in [2.75, 3.05) is 5.32 Å². The van der Waals surface area contributed by atoms with Crippen molar-refractivity contribution in [3.8, 4) is 5.69 Å². The fraction of sp³-hybridized carbons (Fsp3) is 0.238. The van der Waals surface area contributed by atoms with Crippen molar-refractivity contribution < 1.29 is 18.0 Å². The minimum absolute atomic E-state index is 0.291. The zero-order chi connectivity index (χ0) is 20.6. The number of benzene rings is 2. The third-order valence-corrected chi connectivity index (χ3v) is 5.64. The number of halogens is 4. The van der Waals surface area contributed by atoms with Crippen molar-refractivity contribution in [3.63, 3.8) is 0 Å². The van der Waals surface area contributed by atoms with Gasteiger partial charge in [0.2, 0.25) is 0 Å². The SMILES string of the molecule is O=C(Nc1ccccc1Br)c1ccc(-n2nc(C(F)(F)F)c3c2CCCC3)cc1. The Kier molecular flexibility index (Phi) is 5.21. The summed E-state index contributed by atoms with van der Waals surface area (Å²) in [6.07, 6.45) is -1.97. The first-order chi connectivity index (χ1) is 13.8. The van der Waals surface area contributed by atoms with Crippen molar-refractivity contribution in [1.29, 1.82) is 0 Å². The molecule has 0 bridgehead atoms. The van der Waals surface area contributed by atoms with Crippen LogP contribution in [0.2, 0.25) is 0 Å². The van der Waals surface area contributed by atoms with Crippen LogP contribution in [0.15, 0.2) is 53.0 Å². The third kappa shape index (κ3) is 3.94. The van der Waals surface area contributed by atoms with Crippen LogP contribution < -0.4 is 5.32 Å². The van der Waals surface area contributed by atoms with Gasteiger partial charge in [0.1, 0.15) is 0 Å². The molecule has 0 unspecified atom stereocenters. The lowest BCUT2D eigenvalue weighted by molar-refractivity contribution is -0.142. The molecule has 2 aromatic carbocycles. The van der Waals surface area contributed by atoms with Gasteiger partial charge in [-0.25, -0.2) is 4.68 Å². The molecule has 0 radical (unpaired) electrons. The van der Waals surface area contributed by atoms with E-state index in [2.05, 4.69) is 26.3 Å². The van der Waals surface area contributed by atoms with E-state index < -0.39 is 11.9 Å². The van der Waals surface area contributed by atoms with Gasteiger partial charge in [0.15, 0.2) is 5.69 Å². The van der Waals surface area contributed by atoms with Gasteiger partial charge < -0.3 is 5.32 Å². The van der Waals surface area contributed by atoms with Crippen LogP contribution in [-0.2, 0) is 19.0 Å². The molecule has 150 valence electrons. The summed E-state index contributed by atoms with van der Waals surface area (Å²) in [6, 6.07) is 13.7. The molecule has 1 N–H and O–H groups in total. The normalized spacial score (nSPS) is 13.8. The lowest BCUT2D eigenvalue weighted by atomic mass is 9.95. The third-order valence-electron chi connectivity index (χ3n) is 4.94. The average molecular weight is 464 g/mol. The fourth-order valence-corrected chi connectivity index (χ4v) is 3.94. The van der Waals surface area contributed by atoms with Gasteiger partial charge in [0.25, 0.3) is 5.91 Å². The van der Waals surface area contributed by atoms with E-state index in [-0.39, 0.29) is 5.91 Å². The van der Waals surface area contributed by atoms with Crippen molar-refractivity contribution in [3.05, 3.63) is 75.5 Å². The Morgan fingerprint density at radius 1 is 1.03 bits per heavy atom. The number of aromatic nitrogens is 2. The van der Waals surface area contributed by atoms with Gasteiger partial charge in [0, 0.05) is 21.3 Å². The highest BCUT2D eigenvalue weighted by atomic mass is 79.9. The molecule has 4 nitrogen and oxygen atoms in total. The minimum atomic E-state index is -4.48. The summed E-state index contributed by atoms with van der Waals surface area (Å²) in [7, 11) is 0. The van der Waals surface area contributed by atoms with Crippen LogP contribution in [0.4, 0.5) is 18.9 Å². The van der Waals surface area contributed by atoms with Crippen LogP contribution in [0.5, 0.6) is 0 Å². The number of amides is 1. The second-order valence-corrected chi connectivity index (χ2v) is 7.73. The number of nitrogens with one attached hydrogen (secondary N) is 1. The van der Waals surface area contributed by atoms with Crippen LogP contribution in [-0.4, -0.2) is 15.7 Å². The van der Waals surface area contributed by atoms with Gasteiger partial charge in [-0.15, -0.1) is 0 Å². The summed E-state index contributed by atoms with van der Waals surface area (Å²) in [5.41, 5.74) is 1.65. The maximum atomic E-state index is 13.4. The molecule has 0 aliphatic heterocycles. The van der Waals surface area contributed by atoms with Crippen LogP contribution in [0, 0.1) is 0 Å². The molecule has 1 amide bonds. The van der Waals surface area contributed by atoms with Gasteiger partial charge in [-0.1, -0.05) is 12.1 Å². The van der Waals surface area contributed by atoms with E-state index in [1.54, 1.807) is 30.3 Å². The van der Waals surface area contributed by atoms with Gasteiger partial charge in [-0.05, 0) is 78.0 Å². The number of carbonyl (C=O) groups excluding carboxylic acids is 1. The van der Waals surface area contributed by atoms with Gasteiger partial charge >= 0.3 is 6.18 Å². The highest BCUT2D eigenvalue weighted by Crippen LogP contribution is 2.36. The van der Waals surface area contributed by atoms with E-state index in [0.29, 0.717) is 41.0 Å². The monoisotopic (exact) mass is 463 g/mol. The van der Waals surface area contributed by atoms with E-state index in [4.69, 9.17) is 0 Å². The van der Waals surface area contributed by atoms with Crippen molar-refractivity contribution in [2.45, 2.75) is 31.9 Å². The van der Waals surface area contributed by atoms with Crippen molar-refractivity contribution >= 4 is 27.5 Å². The number of para-hydroxylation sites is 1. The lowest BCUT2D eigenvalue weighted by Crippen LogP contribution is -2.12. The quantitative estimate of drug-likeness (QED) is 0.534. The molecule has 1 heterocycles. The van der Waals surface area contributed by atoms with Crippen molar-refractivity contribution in [1.82, 2.24) is 9.78 Å². The summed E-state index contributed by atoms with van der Waals surface area (Å²) in [5.74, 6) is -0.304. The predicted molar refractivity (Wildman–Crippen MR) is 107 cm³/mol. The topological polar surface area (TPSA) is 46.9 Å². The average Bonchev–Trinajstić information content (AvgIpc) is 3.10.